The molecular weight excluding hydrogens is 291 g/mol. The molecule has 114 valence electrons. The molecule has 1 aliphatic carbocycles. The van der Waals surface area contributed by atoms with Crippen LogP contribution in [0.4, 0.5) is 0 Å². The molecule has 0 amide bonds. The molecule has 0 unspecified atom stereocenters. The summed E-state index contributed by atoms with van der Waals surface area (Å²) in [5.74, 6) is 0.483. The molecule has 1 saturated heterocycles. The van der Waals surface area contributed by atoms with Gasteiger partial charge in [0.05, 0.1) is 10.1 Å². The first-order valence-corrected chi connectivity index (χ1v) is 8.62. The second kappa shape index (κ2) is 7.72. The van der Waals surface area contributed by atoms with E-state index in [-0.39, 0.29) is 0 Å². The normalized spacial score (nSPS) is 25.1. The highest BCUT2D eigenvalue weighted by Crippen LogP contribution is 2.36. The lowest BCUT2D eigenvalue weighted by Gasteiger charge is -2.40. The van der Waals surface area contributed by atoms with Gasteiger partial charge >= 0.3 is 0 Å². The van der Waals surface area contributed by atoms with Crippen LogP contribution in [0.25, 0.3) is 0 Å². The topological polar surface area (TPSA) is 6.48 Å². The number of allylic oxidation sites excluding steroid dienone is 4. The molecule has 1 atom stereocenters. The van der Waals surface area contributed by atoms with Crippen LogP contribution in [0.15, 0.2) is 21.8 Å². The van der Waals surface area contributed by atoms with Crippen molar-refractivity contribution < 1.29 is 0 Å². The van der Waals surface area contributed by atoms with E-state index >= 15 is 0 Å². The number of piperazine rings is 1. The Bertz CT molecular complexity index is 382. The summed E-state index contributed by atoms with van der Waals surface area (Å²) in [7, 11) is 0. The molecule has 0 N–H and O–H groups in total. The predicted molar refractivity (Wildman–Crippen MR) is 88.1 cm³/mol. The van der Waals surface area contributed by atoms with E-state index in [4.69, 9.17) is 23.2 Å². The summed E-state index contributed by atoms with van der Waals surface area (Å²) in [5, 5.41) is 1.50. The summed E-state index contributed by atoms with van der Waals surface area (Å²) in [5.41, 5.74) is 1.26. The van der Waals surface area contributed by atoms with Crippen molar-refractivity contribution >= 4 is 23.2 Å². The SMILES string of the molecule is CCCCCN1CCN(C2=C(Cl)C(Cl)=CC[C@H]2C)CC1. The van der Waals surface area contributed by atoms with Gasteiger partial charge in [0.1, 0.15) is 0 Å². The Morgan fingerprint density at radius 1 is 1.15 bits per heavy atom. The van der Waals surface area contributed by atoms with Crippen molar-refractivity contribution in [2.45, 2.75) is 39.5 Å². The van der Waals surface area contributed by atoms with Gasteiger partial charge in [0.25, 0.3) is 0 Å². The van der Waals surface area contributed by atoms with Crippen molar-refractivity contribution in [2.75, 3.05) is 32.7 Å². The zero-order chi connectivity index (χ0) is 14.5. The van der Waals surface area contributed by atoms with E-state index in [9.17, 15) is 0 Å². The van der Waals surface area contributed by atoms with Gasteiger partial charge in [-0.05, 0) is 19.4 Å². The molecule has 0 aromatic carbocycles. The zero-order valence-corrected chi connectivity index (χ0v) is 14.2. The van der Waals surface area contributed by atoms with Crippen LogP contribution < -0.4 is 0 Å². The molecule has 0 spiro atoms. The monoisotopic (exact) mass is 316 g/mol. The molecule has 2 nitrogen and oxygen atoms in total. The average Bonchev–Trinajstić information content (AvgIpc) is 2.45. The lowest BCUT2D eigenvalue weighted by atomic mass is 9.97. The highest BCUT2D eigenvalue weighted by molar-refractivity contribution is 6.44. The number of hydrogen-bond acceptors (Lipinski definition) is 2. The first-order valence-electron chi connectivity index (χ1n) is 7.86. The van der Waals surface area contributed by atoms with Crippen molar-refractivity contribution in [1.29, 1.82) is 0 Å². The van der Waals surface area contributed by atoms with E-state index in [1.54, 1.807) is 0 Å². The largest absolute Gasteiger partial charge is 0.371 e. The fourth-order valence-electron chi connectivity index (χ4n) is 3.07. The molecule has 1 fully saturated rings. The van der Waals surface area contributed by atoms with Crippen LogP contribution >= 0.6 is 23.2 Å². The summed E-state index contributed by atoms with van der Waals surface area (Å²) in [4.78, 5) is 5.02. The Morgan fingerprint density at radius 3 is 2.50 bits per heavy atom. The van der Waals surface area contributed by atoms with Crippen LogP contribution in [0.2, 0.25) is 0 Å². The molecule has 1 aliphatic heterocycles. The Kier molecular flexibility index (Phi) is 6.25. The van der Waals surface area contributed by atoms with Crippen LogP contribution in [-0.4, -0.2) is 42.5 Å². The molecule has 0 saturated carbocycles. The highest BCUT2D eigenvalue weighted by atomic mass is 35.5. The van der Waals surface area contributed by atoms with Gasteiger partial charge in [-0.2, -0.15) is 0 Å². The Hall–Kier alpha value is -0.180. The van der Waals surface area contributed by atoms with Gasteiger partial charge in [0.15, 0.2) is 0 Å². The van der Waals surface area contributed by atoms with Gasteiger partial charge in [0.2, 0.25) is 0 Å². The molecule has 1 heterocycles. The molecular formula is C16H26Cl2N2. The third-order valence-electron chi connectivity index (χ3n) is 4.34. The molecule has 0 aromatic heterocycles. The third kappa shape index (κ3) is 3.93. The summed E-state index contributed by atoms with van der Waals surface area (Å²) in [6.07, 6.45) is 7.00. The van der Waals surface area contributed by atoms with Crippen LogP contribution in [0.3, 0.4) is 0 Å². The Balaban J connectivity index is 1.90. The molecule has 0 bridgehead atoms. The standard InChI is InChI=1S/C16H26Cl2N2/c1-3-4-5-8-19-9-11-20(12-10-19)16-13(2)6-7-14(17)15(16)18/h7,13H,3-6,8-12H2,1-2H3/t13-/m1/s1. The van der Waals surface area contributed by atoms with Gasteiger partial charge in [-0.1, -0.05) is 56.0 Å². The van der Waals surface area contributed by atoms with Crippen LogP contribution in [0.5, 0.6) is 0 Å². The predicted octanol–water partition coefficient (Wildman–Crippen LogP) is 4.41. The molecule has 0 aromatic rings. The quantitative estimate of drug-likeness (QED) is 0.693. The summed E-state index contributed by atoms with van der Waals surface area (Å²) >= 11 is 12.6. The van der Waals surface area contributed by atoms with Crippen LogP contribution in [-0.2, 0) is 0 Å². The highest BCUT2D eigenvalue weighted by Gasteiger charge is 2.27. The summed E-state index contributed by atoms with van der Waals surface area (Å²) in [6.45, 7) is 10.2. The smallest absolute Gasteiger partial charge is 0.0783 e. The molecule has 2 rings (SSSR count). The van der Waals surface area contributed by atoms with E-state index in [0.717, 1.165) is 42.7 Å². The van der Waals surface area contributed by atoms with Crippen molar-refractivity contribution in [3.05, 3.63) is 21.8 Å². The van der Waals surface area contributed by atoms with Gasteiger partial charge in [-0.15, -0.1) is 0 Å². The maximum atomic E-state index is 6.42. The summed E-state index contributed by atoms with van der Waals surface area (Å²) in [6, 6.07) is 0. The number of unbranched alkanes of at least 4 members (excludes halogenated alkanes) is 2. The minimum atomic E-state index is 0.483. The number of rotatable bonds is 5. The van der Waals surface area contributed by atoms with E-state index in [0.29, 0.717) is 5.92 Å². The molecule has 20 heavy (non-hydrogen) atoms. The van der Waals surface area contributed by atoms with E-state index < -0.39 is 0 Å². The number of halogens is 2. The second-order valence-corrected chi connectivity index (χ2v) is 6.71. The van der Waals surface area contributed by atoms with Crippen molar-refractivity contribution in [3.8, 4) is 0 Å². The lowest BCUT2D eigenvalue weighted by molar-refractivity contribution is 0.147. The van der Waals surface area contributed by atoms with Gasteiger partial charge < -0.3 is 4.90 Å². The third-order valence-corrected chi connectivity index (χ3v) is 5.18. The van der Waals surface area contributed by atoms with E-state index in [1.807, 2.05) is 6.08 Å². The zero-order valence-electron chi connectivity index (χ0n) is 12.7. The minimum absolute atomic E-state index is 0.483. The van der Waals surface area contributed by atoms with Crippen molar-refractivity contribution in [1.82, 2.24) is 9.80 Å². The average molecular weight is 317 g/mol. The van der Waals surface area contributed by atoms with Crippen molar-refractivity contribution in [3.63, 3.8) is 0 Å². The van der Waals surface area contributed by atoms with Gasteiger partial charge in [0, 0.05) is 37.8 Å². The van der Waals surface area contributed by atoms with E-state index in [1.165, 1.54) is 31.5 Å². The molecule has 4 heteroatoms. The first kappa shape index (κ1) is 16.2. The van der Waals surface area contributed by atoms with Crippen molar-refractivity contribution in [2.24, 2.45) is 5.92 Å². The maximum absolute atomic E-state index is 6.42. The van der Waals surface area contributed by atoms with Gasteiger partial charge in [-0.3, -0.25) is 4.90 Å². The lowest BCUT2D eigenvalue weighted by Crippen LogP contribution is -2.47. The van der Waals surface area contributed by atoms with E-state index in [2.05, 4.69) is 23.6 Å². The van der Waals surface area contributed by atoms with Crippen LogP contribution in [0, 0.1) is 5.92 Å². The minimum Gasteiger partial charge on any atom is -0.371 e. The Labute approximate surface area is 133 Å². The molecule has 2 aliphatic rings. The fourth-order valence-corrected chi connectivity index (χ4v) is 3.64. The second-order valence-electron chi connectivity index (χ2n) is 5.92. The number of hydrogen-bond donors (Lipinski definition) is 0. The summed E-state index contributed by atoms with van der Waals surface area (Å²) < 4.78 is 0. The van der Waals surface area contributed by atoms with Crippen LogP contribution in [0.1, 0.15) is 39.5 Å². The fraction of sp³-hybridized carbons (Fsp3) is 0.750. The van der Waals surface area contributed by atoms with Gasteiger partial charge in [-0.25, -0.2) is 0 Å². The number of nitrogens with zero attached hydrogens (tertiary/aromatic N) is 2. The maximum Gasteiger partial charge on any atom is 0.0783 e. The first-order chi connectivity index (χ1) is 9.63. The Morgan fingerprint density at radius 2 is 1.85 bits per heavy atom. The molecule has 0 radical (unpaired) electrons.